The van der Waals surface area contributed by atoms with Crippen LogP contribution in [0.5, 0.6) is 0 Å². The number of hydrogen-bond acceptors (Lipinski definition) is 4. The number of nitrogens with two attached hydrogens (primary N) is 1. The van der Waals surface area contributed by atoms with Gasteiger partial charge >= 0.3 is 0 Å². The van der Waals surface area contributed by atoms with E-state index in [0.29, 0.717) is 22.2 Å². The van der Waals surface area contributed by atoms with Gasteiger partial charge in [0.2, 0.25) is 17.4 Å². The van der Waals surface area contributed by atoms with Crippen molar-refractivity contribution >= 4 is 22.8 Å². The SMILES string of the molecule is Cc1[nH]nc2oc(N)c(C(=O)c3cc[nH]c3)c12. The highest BCUT2D eigenvalue weighted by atomic mass is 16.4. The van der Waals surface area contributed by atoms with Crippen molar-refractivity contribution in [2.45, 2.75) is 6.92 Å². The summed E-state index contributed by atoms with van der Waals surface area (Å²) in [5.74, 6) is -0.0715. The van der Waals surface area contributed by atoms with Gasteiger partial charge in [0.1, 0.15) is 0 Å². The fourth-order valence-electron chi connectivity index (χ4n) is 1.89. The lowest BCUT2D eigenvalue weighted by molar-refractivity contribution is 0.104. The Labute approximate surface area is 95.8 Å². The first kappa shape index (κ1) is 9.71. The smallest absolute Gasteiger partial charge is 0.248 e. The van der Waals surface area contributed by atoms with E-state index in [1.165, 1.54) is 0 Å². The molecular formula is C11H10N4O2. The molecule has 0 bridgehead atoms. The monoisotopic (exact) mass is 230 g/mol. The molecule has 0 radical (unpaired) electrons. The van der Waals surface area contributed by atoms with Gasteiger partial charge in [-0.15, -0.1) is 5.10 Å². The van der Waals surface area contributed by atoms with Gasteiger partial charge in [-0.25, -0.2) is 0 Å². The molecular weight excluding hydrogens is 220 g/mol. The lowest BCUT2D eigenvalue weighted by atomic mass is 10.1. The number of ketones is 1. The third-order valence-corrected chi connectivity index (χ3v) is 2.70. The highest BCUT2D eigenvalue weighted by Crippen LogP contribution is 2.30. The number of carbonyl (C=O) groups is 1. The number of aryl methyl sites for hydroxylation is 1. The highest BCUT2D eigenvalue weighted by molar-refractivity contribution is 6.19. The molecule has 3 aromatic heterocycles. The number of anilines is 1. The van der Waals surface area contributed by atoms with Crippen LogP contribution in [0.4, 0.5) is 5.88 Å². The van der Waals surface area contributed by atoms with Crippen LogP contribution in [-0.4, -0.2) is 21.0 Å². The van der Waals surface area contributed by atoms with E-state index >= 15 is 0 Å². The molecule has 86 valence electrons. The first-order valence-electron chi connectivity index (χ1n) is 5.09. The largest absolute Gasteiger partial charge is 0.420 e. The number of fused-ring (bicyclic) bond motifs is 1. The fourth-order valence-corrected chi connectivity index (χ4v) is 1.89. The van der Waals surface area contributed by atoms with E-state index in [1.54, 1.807) is 18.5 Å². The van der Waals surface area contributed by atoms with Gasteiger partial charge in [0.15, 0.2) is 0 Å². The van der Waals surface area contributed by atoms with Crippen molar-refractivity contribution < 1.29 is 9.21 Å². The van der Waals surface area contributed by atoms with Crippen LogP contribution in [0.1, 0.15) is 21.6 Å². The van der Waals surface area contributed by atoms with Gasteiger partial charge in [0, 0.05) is 23.7 Å². The van der Waals surface area contributed by atoms with Crippen molar-refractivity contribution in [1.29, 1.82) is 0 Å². The van der Waals surface area contributed by atoms with Crippen molar-refractivity contribution in [2.75, 3.05) is 5.73 Å². The van der Waals surface area contributed by atoms with Crippen LogP contribution < -0.4 is 5.73 Å². The molecule has 17 heavy (non-hydrogen) atoms. The molecule has 0 aliphatic rings. The van der Waals surface area contributed by atoms with Crippen molar-refractivity contribution in [2.24, 2.45) is 0 Å². The number of H-pyrrole nitrogens is 2. The van der Waals surface area contributed by atoms with Gasteiger partial charge in [-0.1, -0.05) is 0 Å². The van der Waals surface area contributed by atoms with E-state index in [1.807, 2.05) is 6.92 Å². The maximum Gasteiger partial charge on any atom is 0.248 e. The van der Waals surface area contributed by atoms with E-state index < -0.39 is 0 Å². The van der Waals surface area contributed by atoms with Gasteiger partial charge in [-0.2, -0.15) is 0 Å². The number of aromatic nitrogens is 3. The summed E-state index contributed by atoms with van der Waals surface area (Å²) in [5, 5.41) is 7.34. The van der Waals surface area contributed by atoms with Crippen molar-refractivity contribution in [3.8, 4) is 0 Å². The first-order valence-corrected chi connectivity index (χ1v) is 5.09. The number of nitrogens with one attached hydrogen (secondary N) is 2. The Bertz CT molecular complexity index is 691. The van der Waals surface area contributed by atoms with Crippen LogP contribution in [-0.2, 0) is 0 Å². The quantitative estimate of drug-likeness (QED) is 0.582. The van der Waals surface area contributed by atoms with Crippen LogP contribution in [0.2, 0.25) is 0 Å². The van der Waals surface area contributed by atoms with Crippen molar-refractivity contribution in [3.63, 3.8) is 0 Å². The molecule has 0 spiro atoms. The lowest BCUT2D eigenvalue weighted by Crippen LogP contribution is -2.02. The normalized spacial score (nSPS) is 11.1. The number of hydrogen-bond donors (Lipinski definition) is 3. The fraction of sp³-hybridized carbons (Fsp3) is 0.0909. The molecule has 0 amide bonds. The molecule has 0 saturated carbocycles. The molecule has 3 aromatic rings. The molecule has 4 N–H and O–H groups in total. The maximum absolute atomic E-state index is 12.3. The topological polar surface area (TPSA) is 101 Å². The molecule has 0 aliphatic carbocycles. The molecule has 0 aliphatic heterocycles. The van der Waals surface area contributed by atoms with Crippen molar-refractivity contribution in [1.82, 2.24) is 15.2 Å². The number of furan rings is 1. The van der Waals surface area contributed by atoms with Gasteiger partial charge < -0.3 is 15.1 Å². The number of nitrogen functional groups attached to an aromatic ring is 1. The standard InChI is InChI=1S/C11H10N4O2/c1-5-7-8(9(16)6-2-3-13-4-6)10(12)17-11(7)15-14-5/h2-4,13H,12H2,1H3,(H,14,15). The second-order valence-corrected chi connectivity index (χ2v) is 3.80. The number of rotatable bonds is 2. The Morgan fingerprint density at radius 1 is 1.53 bits per heavy atom. The average molecular weight is 230 g/mol. The Morgan fingerprint density at radius 3 is 3.06 bits per heavy atom. The third kappa shape index (κ3) is 1.27. The molecule has 0 saturated heterocycles. The number of nitrogens with zero attached hydrogens (tertiary/aromatic N) is 1. The van der Waals surface area contributed by atoms with Crippen molar-refractivity contribution in [3.05, 3.63) is 35.3 Å². The molecule has 6 nitrogen and oxygen atoms in total. The Balaban J connectivity index is 2.26. The summed E-state index contributed by atoms with van der Waals surface area (Å²) in [6.07, 6.45) is 3.30. The summed E-state index contributed by atoms with van der Waals surface area (Å²) in [6.45, 7) is 1.82. The summed E-state index contributed by atoms with van der Waals surface area (Å²) in [5.41, 5.74) is 7.75. The average Bonchev–Trinajstić information content (AvgIpc) is 2.97. The molecule has 0 atom stereocenters. The van der Waals surface area contributed by atoms with Gasteiger partial charge in [-0.3, -0.25) is 9.89 Å². The molecule has 3 rings (SSSR count). The predicted molar refractivity (Wildman–Crippen MR) is 61.7 cm³/mol. The zero-order valence-corrected chi connectivity index (χ0v) is 9.07. The zero-order valence-electron chi connectivity index (χ0n) is 9.07. The van der Waals surface area contributed by atoms with Crippen LogP contribution in [0.3, 0.4) is 0 Å². The summed E-state index contributed by atoms with van der Waals surface area (Å²) in [7, 11) is 0. The van der Waals surface area contributed by atoms with Gasteiger partial charge in [0.25, 0.3) is 0 Å². The van der Waals surface area contributed by atoms with E-state index in [4.69, 9.17) is 10.2 Å². The zero-order chi connectivity index (χ0) is 12.0. The summed E-state index contributed by atoms with van der Waals surface area (Å²) in [4.78, 5) is 15.1. The minimum atomic E-state index is -0.174. The van der Waals surface area contributed by atoms with Crippen LogP contribution >= 0.6 is 0 Å². The van der Waals surface area contributed by atoms with E-state index in [9.17, 15) is 4.79 Å². The minimum Gasteiger partial charge on any atom is -0.420 e. The van der Waals surface area contributed by atoms with E-state index in [2.05, 4.69) is 15.2 Å². The van der Waals surface area contributed by atoms with Crippen LogP contribution in [0.25, 0.3) is 11.1 Å². The second-order valence-electron chi connectivity index (χ2n) is 3.80. The molecule has 6 heteroatoms. The summed E-state index contributed by atoms with van der Waals surface area (Å²) < 4.78 is 5.24. The number of aromatic amines is 2. The third-order valence-electron chi connectivity index (χ3n) is 2.70. The molecule has 3 heterocycles. The minimum absolute atomic E-state index is 0.103. The Kier molecular flexibility index (Phi) is 1.85. The highest BCUT2D eigenvalue weighted by Gasteiger charge is 2.23. The Hall–Kier alpha value is -2.50. The number of carbonyl (C=O) groups excluding carboxylic acids is 1. The summed E-state index contributed by atoms with van der Waals surface area (Å²) in [6, 6.07) is 1.69. The van der Waals surface area contributed by atoms with E-state index in [-0.39, 0.29) is 11.7 Å². The maximum atomic E-state index is 12.3. The molecule has 0 aromatic carbocycles. The molecule has 0 fully saturated rings. The van der Waals surface area contributed by atoms with E-state index in [0.717, 1.165) is 5.69 Å². The summed E-state index contributed by atoms with van der Waals surface area (Å²) >= 11 is 0. The molecule has 0 unspecified atom stereocenters. The Morgan fingerprint density at radius 2 is 2.35 bits per heavy atom. The van der Waals surface area contributed by atoms with Gasteiger partial charge in [-0.05, 0) is 13.0 Å². The first-order chi connectivity index (χ1) is 8.18. The van der Waals surface area contributed by atoms with Gasteiger partial charge in [0.05, 0.1) is 10.9 Å². The predicted octanol–water partition coefficient (Wildman–Crippen LogP) is 1.61. The van der Waals surface area contributed by atoms with Crippen LogP contribution in [0.15, 0.2) is 22.9 Å². The second kappa shape index (κ2) is 3.24. The lowest BCUT2D eigenvalue weighted by Gasteiger charge is -1.96. The van der Waals surface area contributed by atoms with Crippen LogP contribution in [0, 0.1) is 6.92 Å².